The summed E-state index contributed by atoms with van der Waals surface area (Å²) in [6.07, 6.45) is 0.0648. The summed E-state index contributed by atoms with van der Waals surface area (Å²) in [6.45, 7) is 2.52. The highest BCUT2D eigenvalue weighted by atomic mass is 35.5. The summed E-state index contributed by atoms with van der Waals surface area (Å²) in [5.74, 6) is -0.200. The molecule has 0 bridgehead atoms. The molecule has 264 valence electrons. The van der Waals surface area contributed by atoms with E-state index < -0.39 is 12.2 Å². The van der Waals surface area contributed by atoms with Crippen molar-refractivity contribution in [1.82, 2.24) is 15.2 Å². The Morgan fingerprint density at radius 1 is 0.941 bits per heavy atom. The maximum Gasteiger partial charge on any atom is 0.411 e. The normalized spacial score (nSPS) is 14.2. The number of H-pyrrole nitrogens is 1. The number of fused-ring (bicyclic) bond motifs is 1. The van der Waals surface area contributed by atoms with Gasteiger partial charge in [0.05, 0.1) is 17.3 Å². The van der Waals surface area contributed by atoms with E-state index in [1.165, 1.54) is 12.1 Å². The van der Waals surface area contributed by atoms with E-state index in [-0.39, 0.29) is 35.4 Å². The van der Waals surface area contributed by atoms with E-state index in [9.17, 15) is 24.6 Å². The predicted molar refractivity (Wildman–Crippen MR) is 199 cm³/mol. The highest BCUT2D eigenvalue weighted by molar-refractivity contribution is 6.31. The standard InChI is InChI=1S/C39H40ClN5O6/c40-32-13-10-27(22-26(32)23-41-24-35(47)30-11-14-34(46)38-31(30)12-15-36(48)44-38)42-37(49)18-21-45-19-16-28(17-20-45)51-39(50)43-33-9-5-4-8-29(33)25-6-2-1-3-7-25/h1-15,22,28,35,41,46-47H,16-21,23-24H2,(H,42,49)(H,43,50)(H,44,48)/t35-/m0/s1. The van der Waals surface area contributed by atoms with E-state index in [4.69, 9.17) is 16.3 Å². The monoisotopic (exact) mass is 709 g/mol. The fourth-order valence-corrected chi connectivity index (χ4v) is 6.46. The number of rotatable bonds is 12. The number of nitrogens with one attached hydrogen (secondary N) is 4. The number of aliphatic hydroxyl groups is 1. The molecule has 1 aliphatic heterocycles. The van der Waals surface area contributed by atoms with Crippen LogP contribution in [0.2, 0.25) is 5.02 Å². The highest BCUT2D eigenvalue weighted by Crippen LogP contribution is 2.30. The van der Waals surface area contributed by atoms with Gasteiger partial charge < -0.3 is 35.5 Å². The van der Waals surface area contributed by atoms with Gasteiger partial charge in [-0.05, 0) is 65.9 Å². The molecule has 0 spiro atoms. The van der Waals surface area contributed by atoms with Gasteiger partial charge in [0.2, 0.25) is 11.5 Å². The number of para-hydroxylation sites is 1. The summed E-state index contributed by atoms with van der Waals surface area (Å²) in [4.78, 5) is 42.1. The van der Waals surface area contributed by atoms with Crippen LogP contribution in [0.15, 0.2) is 102 Å². The minimum atomic E-state index is -0.920. The first-order valence-electron chi connectivity index (χ1n) is 16.9. The molecule has 1 aromatic heterocycles. The first kappa shape index (κ1) is 35.6. The number of benzene rings is 4. The first-order chi connectivity index (χ1) is 24.7. The quantitative estimate of drug-likeness (QED) is 0.0867. The molecule has 11 nitrogen and oxygen atoms in total. The van der Waals surface area contributed by atoms with Gasteiger partial charge in [-0.15, -0.1) is 0 Å². The predicted octanol–water partition coefficient (Wildman–Crippen LogP) is 6.42. The van der Waals surface area contributed by atoms with Crippen LogP contribution >= 0.6 is 11.6 Å². The van der Waals surface area contributed by atoms with Crippen molar-refractivity contribution in [3.05, 3.63) is 124 Å². The van der Waals surface area contributed by atoms with E-state index in [1.54, 1.807) is 30.3 Å². The number of aromatic nitrogens is 1. The zero-order valence-electron chi connectivity index (χ0n) is 27.9. The molecule has 5 aromatic rings. The molecule has 0 radical (unpaired) electrons. The van der Waals surface area contributed by atoms with E-state index in [0.29, 0.717) is 72.8 Å². The topological polar surface area (TPSA) is 156 Å². The van der Waals surface area contributed by atoms with E-state index in [0.717, 1.165) is 16.7 Å². The molecule has 51 heavy (non-hydrogen) atoms. The number of hydrogen-bond acceptors (Lipinski definition) is 8. The molecule has 1 saturated heterocycles. The SMILES string of the molecule is O=C(CCN1CCC(OC(=O)Nc2ccccc2-c2ccccc2)CC1)Nc1ccc(Cl)c(CNC[C@H](O)c2ccc(O)c3[nH]c(=O)ccc23)c1. The molecule has 4 aromatic carbocycles. The van der Waals surface area contributed by atoms with Crippen LogP contribution in [0.25, 0.3) is 22.0 Å². The van der Waals surface area contributed by atoms with Gasteiger partial charge in [0.15, 0.2) is 0 Å². The maximum absolute atomic E-state index is 12.8. The summed E-state index contributed by atoms with van der Waals surface area (Å²) >= 11 is 6.44. The minimum Gasteiger partial charge on any atom is -0.506 e. The van der Waals surface area contributed by atoms with Gasteiger partial charge in [-0.2, -0.15) is 0 Å². The number of pyridine rings is 1. The van der Waals surface area contributed by atoms with Gasteiger partial charge in [-0.3, -0.25) is 14.9 Å². The molecule has 2 amide bonds. The Balaban J connectivity index is 0.926. The summed E-state index contributed by atoms with van der Waals surface area (Å²) in [7, 11) is 0. The molecular weight excluding hydrogens is 670 g/mol. The van der Waals surface area contributed by atoms with Gasteiger partial charge in [0.25, 0.3) is 0 Å². The number of halogens is 1. The van der Waals surface area contributed by atoms with Crippen molar-refractivity contribution in [1.29, 1.82) is 0 Å². The zero-order valence-corrected chi connectivity index (χ0v) is 28.7. The smallest absolute Gasteiger partial charge is 0.411 e. The van der Waals surface area contributed by atoms with Crippen molar-refractivity contribution < 1.29 is 24.5 Å². The minimum absolute atomic E-state index is 0.0739. The van der Waals surface area contributed by atoms with E-state index in [2.05, 4.69) is 25.8 Å². The average molecular weight is 710 g/mol. The van der Waals surface area contributed by atoms with Crippen molar-refractivity contribution >= 4 is 45.9 Å². The number of ether oxygens (including phenoxy) is 1. The molecule has 2 heterocycles. The number of carbonyl (C=O) groups is 2. The van der Waals surface area contributed by atoms with Crippen LogP contribution in [0, 0.1) is 0 Å². The second-order valence-corrected chi connectivity index (χ2v) is 12.9. The van der Waals surface area contributed by atoms with E-state index in [1.807, 2.05) is 54.6 Å². The van der Waals surface area contributed by atoms with Crippen molar-refractivity contribution in [2.75, 3.05) is 36.8 Å². The first-order valence-corrected chi connectivity index (χ1v) is 17.3. The van der Waals surface area contributed by atoms with Gasteiger partial charge in [0, 0.05) is 66.9 Å². The van der Waals surface area contributed by atoms with Gasteiger partial charge in [0.1, 0.15) is 11.9 Å². The average Bonchev–Trinajstić information content (AvgIpc) is 3.13. The number of phenolic OH excluding ortho intramolecular Hbond substituents is 1. The molecule has 1 aliphatic rings. The van der Waals surface area contributed by atoms with Crippen LogP contribution in [0.3, 0.4) is 0 Å². The Bertz CT molecular complexity index is 2050. The third-order valence-corrected chi connectivity index (χ3v) is 9.33. The summed E-state index contributed by atoms with van der Waals surface area (Å²) < 4.78 is 5.74. The lowest BCUT2D eigenvalue weighted by Crippen LogP contribution is -2.39. The molecule has 0 aliphatic carbocycles. The molecule has 0 saturated carbocycles. The van der Waals surface area contributed by atoms with Crippen molar-refractivity contribution in [3.8, 4) is 16.9 Å². The second-order valence-electron chi connectivity index (χ2n) is 12.5. The number of piperidine rings is 1. The van der Waals surface area contributed by atoms with Gasteiger partial charge in [-0.25, -0.2) is 4.79 Å². The number of likely N-dealkylation sites (tertiary alicyclic amines) is 1. The molecule has 12 heteroatoms. The summed E-state index contributed by atoms with van der Waals surface area (Å²) in [5.41, 5.74) is 4.46. The van der Waals surface area contributed by atoms with E-state index >= 15 is 0 Å². The van der Waals surface area contributed by atoms with Crippen LogP contribution in [-0.2, 0) is 16.1 Å². The third-order valence-electron chi connectivity index (χ3n) is 8.96. The number of aromatic hydroxyl groups is 1. The molecule has 6 rings (SSSR count). The third kappa shape index (κ3) is 9.33. The fraction of sp³-hybridized carbons (Fsp3) is 0.256. The number of anilines is 2. The number of phenols is 1. The number of carbonyl (C=O) groups excluding carboxylic acids is 2. The molecule has 1 fully saturated rings. The summed E-state index contributed by atoms with van der Waals surface area (Å²) in [6, 6.07) is 28.7. The Morgan fingerprint density at radius 2 is 1.71 bits per heavy atom. The second kappa shape index (κ2) is 16.7. The largest absolute Gasteiger partial charge is 0.506 e. The van der Waals surface area contributed by atoms with Gasteiger partial charge in [-0.1, -0.05) is 66.2 Å². The fourth-order valence-electron chi connectivity index (χ4n) is 6.28. The highest BCUT2D eigenvalue weighted by Gasteiger charge is 2.23. The Morgan fingerprint density at radius 3 is 2.51 bits per heavy atom. The number of aromatic amines is 1. The van der Waals surface area contributed by atoms with Gasteiger partial charge >= 0.3 is 6.09 Å². The van der Waals surface area contributed by atoms with Crippen molar-refractivity contribution in [3.63, 3.8) is 0 Å². The lowest BCUT2D eigenvalue weighted by Gasteiger charge is -2.31. The molecular formula is C39H40ClN5O6. The molecule has 1 atom stereocenters. The van der Waals surface area contributed by atoms with Crippen LogP contribution in [0.4, 0.5) is 16.2 Å². The van der Waals surface area contributed by atoms with Crippen LogP contribution in [0.5, 0.6) is 5.75 Å². The Labute approximate surface area is 300 Å². The number of nitrogens with zero attached hydrogens (tertiary/aromatic N) is 1. The number of amides is 2. The lowest BCUT2D eigenvalue weighted by molar-refractivity contribution is -0.116. The van der Waals surface area contributed by atoms with Crippen LogP contribution < -0.4 is 21.5 Å². The number of hydrogen-bond donors (Lipinski definition) is 6. The summed E-state index contributed by atoms with van der Waals surface area (Å²) in [5, 5.41) is 31.1. The van der Waals surface area contributed by atoms with Crippen LogP contribution in [-0.4, -0.2) is 64.4 Å². The molecule has 6 N–H and O–H groups in total. The maximum atomic E-state index is 12.8. The van der Waals surface area contributed by atoms with Crippen molar-refractivity contribution in [2.45, 2.75) is 38.0 Å². The van der Waals surface area contributed by atoms with Crippen molar-refractivity contribution in [2.24, 2.45) is 0 Å². The zero-order chi connectivity index (χ0) is 35.7. The van der Waals surface area contributed by atoms with Crippen LogP contribution in [0.1, 0.15) is 36.5 Å². The lowest BCUT2D eigenvalue weighted by atomic mass is 10.0. The molecule has 0 unspecified atom stereocenters. The Hall–Kier alpha value is -5.20. The Kier molecular flexibility index (Phi) is 11.6. The number of aliphatic hydroxyl groups excluding tert-OH is 1.